The maximum Gasteiger partial charge on any atom is 0.263 e. The van der Waals surface area contributed by atoms with Gasteiger partial charge in [0.1, 0.15) is 5.75 Å². The zero-order valence-electron chi connectivity index (χ0n) is 12.3. The van der Waals surface area contributed by atoms with Crippen molar-refractivity contribution in [1.82, 2.24) is 4.90 Å². The first kappa shape index (κ1) is 18.1. The predicted molar refractivity (Wildman–Crippen MR) is 87.1 cm³/mol. The second-order valence-electron chi connectivity index (χ2n) is 5.74. The molecule has 1 aromatic carbocycles. The quantitative estimate of drug-likeness (QED) is 0.922. The van der Waals surface area contributed by atoms with E-state index in [-0.39, 0.29) is 23.7 Å². The molecule has 0 aromatic heterocycles. The Hall–Kier alpha value is -0.970. The van der Waals surface area contributed by atoms with E-state index in [1.54, 1.807) is 31.2 Å². The van der Waals surface area contributed by atoms with Gasteiger partial charge in [0.05, 0.1) is 0 Å². The molecule has 2 rings (SSSR count). The summed E-state index contributed by atoms with van der Waals surface area (Å²) >= 11 is 5.90. The van der Waals surface area contributed by atoms with E-state index in [0.717, 1.165) is 13.0 Å². The summed E-state index contributed by atoms with van der Waals surface area (Å²) in [6, 6.07) is 7.08. The topological polar surface area (TPSA) is 55.6 Å². The van der Waals surface area contributed by atoms with Gasteiger partial charge in [0.25, 0.3) is 5.91 Å². The van der Waals surface area contributed by atoms with Crippen molar-refractivity contribution < 1.29 is 9.53 Å². The lowest BCUT2D eigenvalue weighted by atomic mass is 9.90. The molecule has 1 aliphatic rings. The number of carbonyl (C=O) groups is 1. The standard InChI is InChI=1S/C15H21ClN2O2.ClH/c1-11(20-13-5-3-4-12(16)8-13)14(19)18-7-6-15(2,9-17)10-18;/h3-5,8,11H,6-7,9-10,17H2,1-2H3;1H. The van der Waals surface area contributed by atoms with Gasteiger partial charge >= 0.3 is 0 Å². The largest absolute Gasteiger partial charge is 0.481 e. The number of likely N-dealkylation sites (tertiary alicyclic amines) is 1. The summed E-state index contributed by atoms with van der Waals surface area (Å²) in [7, 11) is 0. The van der Waals surface area contributed by atoms with Crippen LogP contribution in [0.4, 0.5) is 0 Å². The van der Waals surface area contributed by atoms with Gasteiger partial charge in [-0.2, -0.15) is 0 Å². The molecule has 6 heteroatoms. The minimum absolute atomic E-state index is 0. The molecule has 0 saturated carbocycles. The Balaban J connectivity index is 0.00000220. The number of hydrogen-bond acceptors (Lipinski definition) is 3. The van der Waals surface area contributed by atoms with E-state index in [1.807, 2.05) is 4.90 Å². The number of nitrogens with zero attached hydrogens (tertiary/aromatic N) is 1. The molecule has 0 aliphatic carbocycles. The summed E-state index contributed by atoms with van der Waals surface area (Å²) in [5.41, 5.74) is 5.80. The molecule has 4 nitrogen and oxygen atoms in total. The van der Waals surface area contributed by atoms with Crippen molar-refractivity contribution in [1.29, 1.82) is 0 Å². The normalized spacial score (nSPS) is 22.6. The van der Waals surface area contributed by atoms with Crippen LogP contribution in [0.3, 0.4) is 0 Å². The van der Waals surface area contributed by atoms with E-state index >= 15 is 0 Å². The molecule has 1 saturated heterocycles. The Bertz CT molecular complexity index is 498. The average molecular weight is 333 g/mol. The van der Waals surface area contributed by atoms with Crippen LogP contribution in [0.2, 0.25) is 5.02 Å². The Kier molecular flexibility index (Phi) is 6.32. The smallest absolute Gasteiger partial charge is 0.263 e. The Morgan fingerprint density at radius 2 is 2.29 bits per heavy atom. The molecule has 2 atom stereocenters. The van der Waals surface area contributed by atoms with Crippen molar-refractivity contribution in [3.05, 3.63) is 29.3 Å². The fourth-order valence-corrected chi connectivity index (χ4v) is 2.61. The third kappa shape index (κ3) is 4.50. The summed E-state index contributed by atoms with van der Waals surface area (Å²) in [4.78, 5) is 14.2. The monoisotopic (exact) mass is 332 g/mol. The first-order chi connectivity index (χ1) is 9.43. The summed E-state index contributed by atoms with van der Waals surface area (Å²) in [6.07, 6.45) is 0.424. The lowest BCUT2D eigenvalue weighted by molar-refractivity contribution is -0.137. The molecular formula is C15H22Cl2N2O2. The van der Waals surface area contributed by atoms with Crippen LogP contribution in [0.25, 0.3) is 0 Å². The van der Waals surface area contributed by atoms with Crippen molar-refractivity contribution in [3.63, 3.8) is 0 Å². The molecule has 0 spiro atoms. The number of hydrogen-bond donors (Lipinski definition) is 1. The zero-order valence-corrected chi connectivity index (χ0v) is 13.9. The van der Waals surface area contributed by atoms with Crippen molar-refractivity contribution in [2.24, 2.45) is 11.1 Å². The highest BCUT2D eigenvalue weighted by molar-refractivity contribution is 6.30. The van der Waals surface area contributed by atoms with Gasteiger partial charge in [-0.15, -0.1) is 12.4 Å². The van der Waals surface area contributed by atoms with Gasteiger partial charge < -0.3 is 15.4 Å². The van der Waals surface area contributed by atoms with Gasteiger partial charge in [0.15, 0.2) is 6.10 Å². The van der Waals surface area contributed by atoms with Crippen LogP contribution in [0.1, 0.15) is 20.3 Å². The van der Waals surface area contributed by atoms with Crippen LogP contribution < -0.4 is 10.5 Å². The number of ether oxygens (including phenoxy) is 1. The summed E-state index contributed by atoms with van der Waals surface area (Å²) in [5, 5.41) is 0.596. The van der Waals surface area contributed by atoms with Crippen LogP contribution in [-0.4, -0.2) is 36.5 Å². The van der Waals surface area contributed by atoms with E-state index in [0.29, 0.717) is 23.9 Å². The Morgan fingerprint density at radius 1 is 1.57 bits per heavy atom. The highest BCUT2D eigenvalue weighted by Crippen LogP contribution is 2.29. The van der Waals surface area contributed by atoms with E-state index in [2.05, 4.69) is 6.92 Å². The minimum atomic E-state index is -0.520. The Labute approximate surface area is 137 Å². The van der Waals surface area contributed by atoms with Crippen LogP contribution in [0.5, 0.6) is 5.75 Å². The summed E-state index contributed by atoms with van der Waals surface area (Å²) in [6.45, 7) is 5.92. The fraction of sp³-hybridized carbons (Fsp3) is 0.533. The van der Waals surface area contributed by atoms with Crippen LogP contribution >= 0.6 is 24.0 Å². The van der Waals surface area contributed by atoms with E-state index in [1.165, 1.54) is 0 Å². The number of amides is 1. The fourth-order valence-electron chi connectivity index (χ4n) is 2.43. The van der Waals surface area contributed by atoms with Crippen molar-refractivity contribution in [3.8, 4) is 5.75 Å². The molecule has 1 amide bonds. The molecule has 118 valence electrons. The second kappa shape index (κ2) is 7.34. The van der Waals surface area contributed by atoms with Gasteiger partial charge in [0.2, 0.25) is 0 Å². The Morgan fingerprint density at radius 3 is 2.86 bits per heavy atom. The van der Waals surface area contributed by atoms with E-state index < -0.39 is 6.10 Å². The number of benzene rings is 1. The molecule has 2 N–H and O–H groups in total. The summed E-state index contributed by atoms with van der Waals surface area (Å²) in [5.74, 6) is 0.612. The van der Waals surface area contributed by atoms with Crippen molar-refractivity contribution in [2.45, 2.75) is 26.4 Å². The number of carbonyl (C=O) groups excluding carboxylic acids is 1. The maximum atomic E-state index is 12.4. The molecule has 1 aliphatic heterocycles. The lowest BCUT2D eigenvalue weighted by Gasteiger charge is -2.25. The molecule has 0 bridgehead atoms. The maximum absolute atomic E-state index is 12.4. The van der Waals surface area contributed by atoms with Crippen LogP contribution in [-0.2, 0) is 4.79 Å². The number of halogens is 2. The zero-order chi connectivity index (χ0) is 14.8. The molecule has 1 heterocycles. The third-order valence-corrected chi connectivity index (χ3v) is 4.05. The lowest BCUT2D eigenvalue weighted by Crippen LogP contribution is -2.41. The second-order valence-corrected chi connectivity index (χ2v) is 6.18. The number of nitrogens with two attached hydrogens (primary N) is 1. The van der Waals surface area contributed by atoms with Gasteiger partial charge in [-0.3, -0.25) is 4.79 Å². The van der Waals surface area contributed by atoms with Gasteiger partial charge in [-0.25, -0.2) is 0 Å². The van der Waals surface area contributed by atoms with Gasteiger partial charge in [-0.1, -0.05) is 24.6 Å². The number of rotatable bonds is 4. The first-order valence-electron chi connectivity index (χ1n) is 6.85. The molecule has 2 unspecified atom stereocenters. The van der Waals surface area contributed by atoms with E-state index in [4.69, 9.17) is 22.1 Å². The molecule has 1 fully saturated rings. The summed E-state index contributed by atoms with van der Waals surface area (Å²) < 4.78 is 5.66. The molecular weight excluding hydrogens is 311 g/mol. The van der Waals surface area contributed by atoms with Crippen LogP contribution in [0, 0.1) is 5.41 Å². The van der Waals surface area contributed by atoms with Crippen LogP contribution in [0.15, 0.2) is 24.3 Å². The molecule has 21 heavy (non-hydrogen) atoms. The highest BCUT2D eigenvalue weighted by Gasteiger charge is 2.36. The van der Waals surface area contributed by atoms with Crippen molar-refractivity contribution >= 4 is 29.9 Å². The molecule has 0 radical (unpaired) electrons. The van der Waals surface area contributed by atoms with Gasteiger partial charge in [-0.05, 0) is 43.5 Å². The minimum Gasteiger partial charge on any atom is -0.481 e. The SMILES string of the molecule is CC(Oc1cccc(Cl)c1)C(=O)N1CCC(C)(CN)C1.Cl. The predicted octanol–water partition coefficient (Wildman–Crippen LogP) is 2.73. The highest BCUT2D eigenvalue weighted by atomic mass is 35.5. The average Bonchev–Trinajstić information content (AvgIpc) is 2.81. The first-order valence-corrected chi connectivity index (χ1v) is 7.22. The van der Waals surface area contributed by atoms with E-state index in [9.17, 15) is 4.79 Å². The third-order valence-electron chi connectivity index (χ3n) is 3.82. The van der Waals surface area contributed by atoms with Crippen molar-refractivity contribution in [2.75, 3.05) is 19.6 Å². The molecule has 1 aromatic rings. The van der Waals surface area contributed by atoms with Gasteiger partial charge in [0, 0.05) is 18.1 Å².